The molecule has 4 heteroatoms. The molecule has 1 N–H and O–H groups in total. The van der Waals surface area contributed by atoms with E-state index in [0.717, 1.165) is 37.4 Å². The van der Waals surface area contributed by atoms with Crippen molar-refractivity contribution >= 4 is 29.9 Å². The molecule has 3 nitrogen and oxygen atoms in total. The molecule has 2 unspecified atom stereocenters. The largest absolute Gasteiger partial charge is 0.356 e. The van der Waals surface area contributed by atoms with Crippen LogP contribution in [0.4, 0.5) is 0 Å². The molecule has 0 amide bonds. The molecule has 0 aromatic heterocycles. The van der Waals surface area contributed by atoms with Gasteiger partial charge in [-0.2, -0.15) is 0 Å². The second kappa shape index (κ2) is 8.16. The van der Waals surface area contributed by atoms with E-state index in [9.17, 15) is 0 Å². The van der Waals surface area contributed by atoms with Gasteiger partial charge in [-0.25, -0.2) is 0 Å². The Bertz CT molecular complexity index is 231. The lowest BCUT2D eigenvalue weighted by Crippen LogP contribution is -2.49. The SMILES string of the molecule is CN=C(NCC(C)C)N1CC(C)CC(C)C1.I. The Kier molecular flexibility index (Phi) is 8.16. The Morgan fingerprint density at radius 1 is 1.29 bits per heavy atom. The summed E-state index contributed by atoms with van der Waals surface area (Å²) in [6, 6.07) is 0. The lowest BCUT2D eigenvalue weighted by molar-refractivity contribution is 0.208. The average molecular weight is 353 g/mol. The summed E-state index contributed by atoms with van der Waals surface area (Å²) in [5.41, 5.74) is 0. The van der Waals surface area contributed by atoms with E-state index in [-0.39, 0.29) is 24.0 Å². The number of piperidine rings is 1. The highest BCUT2D eigenvalue weighted by Gasteiger charge is 2.23. The van der Waals surface area contributed by atoms with Gasteiger partial charge in [0.2, 0.25) is 0 Å². The van der Waals surface area contributed by atoms with Crippen LogP contribution in [0.25, 0.3) is 0 Å². The van der Waals surface area contributed by atoms with Crippen molar-refractivity contribution in [2.24, 2.45) is 22.7 Å². The summed E-state index contributed by atoms with van der Waals surface area (Å²) in [4.78, 5) is 6.79. The summed E-state index contributed by atoms with van der Waals surface area (Å²) in [6.07, 6.45) is 1.34. The van der Waals surface area contributed by atoms with Crippen LogP contribution in [-0.4, -0.2) is 37.5 Å². The van der Waals surface area contributed by atoms with Gasteiger partial charge in [0, 0.05) is 26.7 Å². The van der Waals surface area contributed by atoms with Crippen molar-refractivity contribution in [3.63, 3.8) is 0 Å². The quantitative estimate of drug-likeness (QED) is 0.470. The molecule has 0 radical (unpaired) electrons. The second-order valence-corrected chi connectivity index (χ2v) is 5.67. The first kappa shape index (κ1) is 17.0. The Morgan fingerprint density at radius 3 is 2.24 bits per heavy atom. The molecule has 1 fully saturated rings. The third-order valence-corrected chi connectivity index (χ3v) is 3.05. The van der Waals surface area contributed by atoms with Gasteiger partial charge in [0.15, 0.2) is 5.96 Å². The fourth-order valence-corrected chi connectivity index (χ4v) is 2.46. The third kappa shape index (κ3) is 5.93. The molecule has 0 aromatic carbocycles. The summed E-state index contributed by atoms with van der Waals surface area (Å²) >= 11 is 0. The lowest BCUT2D eigenvalue weighted by Gasteiger charge is -2.37. The number of rotatable bonds is 2. The number of hydrogen-bond acceptors (Lipinski definition) is 1. The molecule has 1 aliphatic rings. The fourth-order valence-electron chi connectivity index (χ4n) is 2.46. The number of halogens is 1. The minimum absolute atomic E-state index is 0. The van der Waals surface area contributed by atoms with E-state index in [4.69, 9.17) is 0 Å². The predicted octanol–water partition coefficient (Wildman–Crippen LogP) is 2.81. The maximum atomic E-state index is 4.38. The van der Waals surface area contributed by atoms with Crippen LogP contribution in [0.1, 0.15) is 34.1 Å². The molecular formula is C13H28IN3. The van der Waals surface area contributed by atoms with Gasteiger partial charge in [-0.15, -0.1) is 24.0 Å². The van der Waals surface area contributed by atoms with Crippen molar-refractivity contribution < 1.29 is 0 Å². The predicted molar refractivity (Wildman–Crippen MR) is 86.1 cm³/mol. The maximum absolute atomic E-state index is 4.38. The minimum atomic E-state index is 0. The summed E-state index contributed by atoms with van der Waals surface area (Å²) in [5, 5.41) is 3.46. The van der Waals surface area contributed by atoms with Gasteiger partial charge in [0.05, 0.1) is 0 Å². The zero-order valence-electron chi connectivity index (χ0n) is 11.9. The molecule has 2 atom stereocenters. The van der Waals surface area contributed by atoms with Gasteiger partial charge >= 0.3 is 0 Å². The molecule has 0 aliphatic carbocycles. The number of nitrogens with one attached hydrogen (secondary N) is 1. The molecule has 1 saturated heterocycles. The topological polar surface area (TPSA) is 27.6 Å². The number of likely N-dealkylation sites (tertiary alicyclic amines) is 1. The average Bonchev–Trinajstić information content (AvgIpc) is 2.16. The number of nitrogens with zero attached hydrogens (tertiary/aromatic N) is 2. The molecule has 1 rings (SSSR count). The van der Waals surface area contributed by atoms with Gasteiger partial charge in [-0.1, -0.05) is 27.7 Å². The summed E-state index contributed by atoms with van der Waals surface area (Å²) in [6.45, 7) is 12.4. The van der Waals surface area contributed by atoms with Crippen LogP contribution < -0.4 is 5.32 Å². The molecule has 0 saturated carbocycles. The van der Waals surface area contributed by atoms with E-state index < -0.39 is 0 Å². The van der Waals surface area contributed by atoms with Gasteiger partial charge in [0.25, 0.3) is 0 Å². The highest BCUT2D eigenvalue weighted by Crippen LogP contribution is 2.20. The molecular weight excluding hydrogens is 325 g/mol. The van der Waals surface area contributed by atoms with Crippen molar-refractivity contribution in [1.29, 1.82) is 0 Å². The van der Waals surface area contributed by atoms with Crippen LogP contribution in [0.5, 0.6) is 0 Å². The van der Waals surface area contributed by atoms with Crippen LogP contribution >= 0.6 is 24.0 Å². The Morgan fingerprint density at radius 2 is 1.82 bits per heavy atom. The highest BCUT2D eigenvalue weighted by molar-refractivity contribution is 14.0. The number of guanidine groups is 1. The number of hydrogen-bond donors (Lipinski definition) is 1. The highest BCUT2D eigenvalue weighted by atomic mass is 127. The second-order valence-electron chi connectivity index (χ2n) is 5.67. The van der Waals surface area contributed by atoms with E-state index in [2.05, 4.69) is 42.9 Å². The Hall–Kier alpha value is 0. The lowest BCUT2D eigenvalue weighted by atomic mass is 9.92. The van der Waals surface area contributed by atoms with Crippen LogP contribution in [0, 0.1) is 17.8 Å². The standard InChI is InChI=1S/C13H27N3.HI/c1-10(2)7-15-13(14-5)16-8-11(3)6-12(4)9-16;/h10-12H,6-9H2,1-5H3,(H,14,15);1H. The molecule has 0 aromatic rings. The monoisotopic (exact) mass is 353 g/mol. The van der Waals surface area contributed by atoms with Crippen molar-refractivity contribution in [2.75, 3.05) is 26.7 Å². The first-order valence-electron chi connectivity index (χ1n) is 6.48. The minimum Gasteiger partial charge on any atom is -0.356 e. The molecule has 1 heterocycles. The zero-order chi connectivity index (χ0) is 12.1. The van der Waals surface area contributed by atoms with Crippen LogP contribution in [-0.2, 0) is 0 Å². The van der Waals surface area contributed by atoms with Crippen LogP contribution in [0.3, 0.4) is 0 Å². The zero-order valence-corrected chi connectivity index (χ0v) is 14.2. The smallest absolute Gasteiger partial charge is 0.193 e. The fraction of sp³-hybridized carbons (Fsp3) is 0.923. The maximum Gasteiger partial charge on any atom is 0.193 e. The van der Waals surface area contributed by atoms with Gasteiger partial charge in [-0.05, 0) is 24.2 Å². The van der Waals surface area contributed by atoms with E-state index in [1.54, 1.807) is 0 Å². The van der Waals surface area contributed by atoms with Crippen molar-refractivity contribution in [2.45, 2.75) is 34.1 Å². The van der Waals surface area contributed by atoms with E-state index in [1.807, 2.05) is 7.05 Å². The molecule has 0 bridgehead atoms. The molecule has 1 aliphatic heterocycles. The van der Waals surface area contributed by atoms with Crippen LogP contribution in [0.15, 0.2) is 4.99 Å². The summed E-state index contributed by atoms with van der Waals surface area (Å²) in [5.74, 6) is 3.30. The molecule has 0 spiro atoms. The Labute approximate surface area is 123 Å². The first-order chi connectivity index (χ1) is 7.52. The van der Waals surface area contributed by atoms with Crippen LogP contribution in [0.2, 0.25) is 0 Å². The van der Waals surface area contributed by atoms with E-state index >= 15 is 0 Å². The van der Waals surface area contributed by atoms with E-state index in [0.29, 0.717) is 5.92 Å². The number of aliphatic imine (C=N–C) groups is 1. The molecule has 102 valence electrons. The van der Waals surface area contributed by atoms with E-state index in [1.165, 1.54) is 6.42 Å². The van der Waals surface area contributed by atoms with Gasteiger partial charge in [-0.3, -0.25) is 4.99 Å². The van der Waals surface area contributed by atoms with Crippen molar-refractivity contribution in [3.05, 3.63) is 0 Å². The van der Waals surface area contributed by atoms with Gasteiger partial charge < -0.3 is 10.2 Å². The van der Waals surface area contributed by atoms with Gasteiger partial charge in [0.1, 0.15) is 0 Å². The normalized spacial score (nSPS) is 25.8. The van der Waals surface area contributed by atoms with Crippen molar-refractivity contribution in [3.8, 4) is 0 Å². The Balaban J connectivity index is 0.00000256. The first-order valence-corrected chi connectivity index (χ1v) is 6.48. The summed E-state index contributed by atoms with van der Waals surface area (Å²) < 4.78 is 0. The third-order valence-electron chi connectivity index (χ3n) is 3.05. The summed E-state index contributed by atoms with van der Waals surface area (Å²) in [7, 11) is 1.88. The van der Waals surface area contributed by atoms with Crippen molar-refractivity contribution in [1.82, 2.24) is 10.2 Å². The molecule has 17 heavy (non-hydrogen) atoms.